The molecule has 0 spiro atoms. The van der Waals surface area contributed by atoms with E-state index in [9.17, 15) is 4.79 Å². The van der Waals surface area contributed by atoms with Gasteiger partial charge in [0.1, 0.15) is 0 Å². The van der Waals surface area contributed by atoms with Gasteiger partial charge >= 0.3 is 0 Å². The average Bonchev–Trinajstić information content (AvgIpc) is 2.75. The van der Waals surface area contributed by atoms with E-state index in [1.165, 1.54) is 37.3 Å². The minimum atomic E-state index is 0.237. The molecule has 4 nitrogen and oxygen atoms in total. The molecule has 0 saturated carbocycles. The molecule has 0 atom stereocenters. The second-order valence-electron chi connectivity index (χ2n) is 8.22. The van der Waals surface area contributed by atoms with E-state index in [0.29, 0.717) is 6.42 Å². The highest BCUT2D eigenvalue weighted by Gasteiger charge is 2.22. The molecule has 4 heteroatoms. The number of hydrogen-bond acceptors (Lipinski definition) is 3. The molecule has 2 aliphatic heterocycles. The summed E-state index contributed by atoms with van der Waals surface area (Å²) in [5.41, 5.74) is 3.70. The molecule has 28 heavy (non-hydrogen) atoms. The van der Waals surface area contributed by atoms with E-state index in [-0.39, 0.29) is 5.91 Å². The first-order valence-electron chi connectivity index (χ1n) is 10.6. The Hall–Kier alpha value is -2.49. The van der Waals surface area contributed by atoms with Crippen LogP contribution in [0.3, 0.4) is 0 Å². The molecule has 0 unspecified atom stereocenters. The summed E-state index contributed by atoms with van der Waals surface area (Å²) in [6.07, 6.45) is 3.09. The lowest BCUT2D eigenvalue weighted by molar-refractivity contribution is -0.130. The minimum Gasteiger partial charge on any atom is -0.372 e. The molecular weight excluding hydrogens is 346 g/mol. The SMILES string of the molecule is CC1CCN(c2ccc(N3CCN(C(=O)Cc4ccccc4)CC3)cc2)CC1. The van der Waals surface area contributed by atoms with Crippen LogP contribution in [0.4, 0.5) is 11.4 Å². The van der Waals surface area contributed by atoms with Crippen molar-refractivity contribution in [1.82, 2.24) is 4.90 Å². The molecule has 0 bridgehead atoms. The molecule has 2 aromatic rings. The van der Waals surface area contributed by atoms with Crippen LogP contribution < -0.4 is 9.80 Å². The monoisotopic (exact) mass is 377 g/mol. The van der Waals surface area contributed by atoms with Gasteiger partial charge in [-0.05, 0) is 48.6 Å². The number of carbonyl (C=O) groups is 1. The molecule has 1 amide bonds. The molecule has 148 valence electrons. The lowest BCUT2D eigenvalue weighted by Crippen LogP contribution is -2.49. The van der Waals surface area contributed by atoms with E-state index >= 15 is 0 Å². The molecule has 0 aromatic heterocycles. The lowest BCUT2D eigenvalue weighted by Gasteiger charge is -2.37. The van der Waals surface area contributed by atoms with Crippen molar-refractivity contribution in [3.8, 4) is 0 Å². The lowest BCUT2D eigenvalue weighted by atomic mass is 9.99. The van der Waals surface area contributed by atoms with Gasteiger partial charge in [0.15, 0.2) is 0 Å². The van der Waals surface area contributed by atoms with Crippen molar-refractivity contribution in [3.05, 3.63) is 60.2 Å². The van der Waals surface area contributed by atoms with Crippen LogP contribution in [-0.4, -0.2) is 50.1 Å². The molecule has 2 aromatic carbocycles. The fourth-order valence-electron chi connectivity index (χ4n) is 4.24. The minimum absolute atomic E-state index is 0.237. The van der Waals surface area contributed by atoms with E-state index in [4.69, 9.17) is 0 Å². The van der Waals surface area contributed by atoms with Gasteiger partial charge in [0.25, 0.3) is 0 Å². The summed E-state index contributed by atoms with van der Waals surface area (Å²) in [5, 5.41) is 0. The molecule has 0 radical (unpaired) electrons. The summed E-state index contributed by atoms with van der Waals surface area (Å²) < 4.78 is 0. The number of anilines is 2. The number of hydrogen-bond donors (Lipinski definition) is 0. The smallest absolute Gasteiger partial charge is 0.227 e. The molecular formula is C24H31N3O. The third-order valence-corrected chi connectivity index (χ3v) is 6.19. The van der Waals surface area contributed by atoms with Gasteiger partial charge in [-0.3, -0.25) is 4.79 Å². The van der Waals surface area contributed by atoms with E-state index in [1.807, 2.05) is 35.2 Å². The Bertz CT molecular complexity index is 758. The third kappa shape index (κ3) is 4.49. The van der Waals surface area contributed by atoms with Gasteiger partial charge in [0.05, 0.1) is 6.42 Å². The van der Waals surface area contributed by atoms with Crippen LogP contribution in [0.5, 0.6) is 0 Å². The second kappa shape index (κ2) is 8.68. The number of carbonyl (C=O) groups excluding carboxylic acids is 1. The molecule has 4 rings (SSSR count). The van der Waals surface area contributed by atoms with Crippen LogP contribution in [-0.2, 0) is 11.2 Å². The van der Waals surface area contributed by atoms with Gasteiger partial charge in [-0.1, -0.05) is 37.3 Å². The standard InChI is InChI=1S/C24H31N3O/c1-20-11-13-25(14-12-20)22-7-9-23(10-8-22)26-15-17-27(18-16-26)24(28)19-21-5-3-2-4-6-21/h2-10,20H,11-19H2,1H3. The Labute approximate surface area is 168 Å². The van der Waals surface area contributed by atoms with Gasteiger partial charge < -0.3 is 14.7 Å². The predicted molar refractivity (Wildman–Crippen MR) is 116 cm³/mol. The molecule has 0 aliphatic carbocycles. The topological polar surface area (TPSA) is 26.8 Å². The van der Waals surface area contributed by atoms with Gasteiger partial charge in [0.2, 0.25) is 5.91 Å². The second-order valence-corrected chi connectivity index (χ2v) is 8.22. The predicted octanol–water partition coefficient (Wildman–Crippen LogP) is 3.81. The molecule has 2 aliphatic rings. The Morgan fingerprint density at radius 2 is 1.32 bits per heavy atom. The summed E-state index contributed by atoms with van der Waals surface area (Å²) in [6.45, 7) is 8.10. The van der Waals surface area contributed by atoms with E-state index < -0.39 is 0 Å². The molecule has 2 fully saturated rings. The van der Waals surface area contributed by atoms with Crippen molar-refractivity contribution in [2.75, 3.05) is 49.1 Å². The first kappa shape index (κ1) is 18.9. The fraction of sp³-hybridized carbons (Fsp3) is 0.458. The van der Waals surface area contributed by atoms with Crippen LogP contribution in [0.15, 0.2) is 54.6 Å². The first-order chi connectivity index (χ1) is 13.7. The van der Waals surface area contributed by atoms with Gasteiger partial charge in [0, 0.05) is 50.6 Å². The summed E-state index contributed by atoms with van der Waals surface area (Å²) in [5.74, 6) is 1.09. The van der Waals surface area contributed by atoms with Crippen molar-refractivity contribution < 1.29 is 4.79 Å². The maximum absolute atomic E-state index is 12.6. The van der Waals surface area contributed by atoms with Crippen molar-refractivity contribution in [1.29, 1.82) is 0 Å². The average molecular weight is 378 g/mol. The molecule has 0 N–H and O–H groups in total. The fourth-order valence-corrected chi connectivity index (χ4v) is 4.24. The molecule has 2 heterocycles. The van der Waals surface area contributed by atoms with Crippen molar-refractivity contribution in [3.63, 3.8) is 0 Å². The zero-order valence-corrected chi connectivity index (χ0v) is 16.9. The summed E-state index contributed by atoms with van der Waals surface area (Å²) in [7, 11) is 0. The number of amides is 1. The highest BCUT2D eigenvalue weighted by molar-refractivity contribution is 5.79. The summed E-state index contributed by atoms with van der Waals surface area (Å²) in [4.78, 5) is 19.5. The van der Waals surface area contributed by atoms with Crippen molar-refractivity contribution in [2.24, 2.45) is 5.92 Å². The Morgan fingerprint density at radius 3 is 1.89 bits per heavy atom. The third-order valence-electron chi connectivity index (χ3n) is 6.19. The van der Waals surface area contributed by atoms with E-state index in [0.717, 1.165) is 37.7 Å². The normalized spacial score (nSPS) is 18.4. The van der Waals surface area contributed by atoms with Crippen molar-refractivity contribution in [2.45, 2.75) is 26.2 Å². The number of nitrogens with zero attached hydrogens (tertiary/aromatic N) is 3. The van der Waals surface area contributed by atoms with E-state index in [2.05, 4.69) is 41.0 Å². The summed E-state index contributed by atoms with van der Waals surface area (Å²) in [6, 6.07) is 19.0. The number of piperidine rings is 1. The quantitative estimate of drug-likeness (QED) is 0.811. The van der Waals surface area contributed by atoms with Gasteiger partial charge in [-0.2, -0.15) is 0 Å². The largest absolute Gasteiger partial charge is 0.372 e. The van der Waals surface area contributed by atoms with Crippen LogP contribution in [0.2, 0.25) is 0 Å². The highest BCUT2D eigenvalue weighted by Crippen LogP contribution is 2.26. The van der Waals surface area contributed by atoms with Gasteiger partial charge in [-0.15, -0.1) is 0 Å². The zero-order valence-electron chi connectivity index (χ0n) is 16.9. The maximum atomic E-state index is 12.6. The van der Waals surface area contributed by atoms with Gasteiger partial charge in [-0.25, -0.2) is 0 Å². The number of piperazine rings is 1. The Balaban J connectivity index is 1.29. The Morgan fingerprint density at radius 1 is 0.786 bits per heavy atom. The van der Waals surface area contributed by atoms with E-state index in [1.54, 1.807) is 0 Å². The van der Waals surface area contributed by atoms with Crippen LogP contribution >= 0.6 is 0 Å². The number of benzene rings is 2. The van der Waals surface area contributed by atoms with Crippen LogP contribution in [0.1, 0.15) is 25.3 Å². The number of rotatable bonds is 4. The van der Waals surface area contributed by atoms with Crippen LogP contribution in [0.25, 0.3) is 0 Å². The van der Waals surface area contributed by atoms with Crippen molar-refractivity contribution >= 4 is 17.3 Å². The first-order valence-corrected chi connectivity index (χ1v) is 10.6. The Kier molecular flexibility index (Phi) is 5.84. The molecule has 2 saturated heterocycles. The zero-order chi connectivity index (χ0) is 19.3. The van der Waals surface area contributed by atoms with Crippen LogP contribution in [0, 0.1) is 5.92 Å². The maximum Gasteiger partial charge on any atom is 0.227 e. The summed E-state index contributed by atoms with van der Waals surface area (Å²) >= 11 is 0. The highest BCUT2D eigenvalue weighted by atomic mass is 16.2.